The van der Waals surface area contributed by atoms with Crippen LogP contribution in [0, 0.1) is 17.5 Å². The molecular formula is C20H13F3N4. The maximum atomic E-state index is 15.2. The molecule has 0 amide bonds. The highest BCUT2D eigenvalue weighted by atomic mass is 19.2. The van der Waals surface area contributed by atoms with Gasteiger partial charge in [0.15, 0.2) is 17.5 Å². The molecule has 0 aliphatic carbocycles. The average Bonchev–Trinajstić information content (AvgIpc) is 2.70. The molecule has 2 aromatic heterocycles. The van der Waals surface area contributed by atoms with Crippen LogP contribution in [0.2, 0.25) is 0 Å². The van der Waals surface area contributed by atoms with Crippen LogP contribution < -0.4 is 5.32 Å². The Kier molecular flexibility index (Phi) is 4.19. The summed E-state index contributed by atoms with van der Waals surface area (Å²) in [5.41, 5.74) is 1.44. The summed E-state index contributed by atoms with van der Waals surface area (Å²) >= 11 is 0. The lowest BCUT2D eigenvalue weighted by atomic mass is 10.0. The molecule has 0 fully saturated rings. The maximum absolute atomic E-state index is 15.2. The Bertz CT molecular complexity index is 1150. The summed E-state index contributed by atoms with van der Waals surface area (Å²) < 4.78 is 42.0. The van der Waals surface area contributed by atoms with Crippen molar-refractivity contribution in [2.24, 2.45) is 0 Å². The molecule has 0 saturated heterocycles. The lowest BCUT2D eigenvalue weighted by Crippen LogP contribution is -2.01. The first-order valence-electron chi connectivity index (χ1n) is 8.12. The smallest absolute Gasteiger partial charge is 0.163 e. The van der Waals surface area contributed by atoms with Gasteiger partial charge < -0.3 is 5.32 Å². The fourth-order valence-electron chi connectivity index (χ4n) is 2.88. The fourth-order valence-corrected chi connectivity index (χ4v) is 2.88. The van der Waals surface area contributed by atoms with Crippen molar-refractivity contribution in [3.8, 4) is 22.5 Å². The average molecular weight is 366 g/mol. The van der Waals surface area contributed by atoms with Crippen LogP contribution in [-0.2, 0) is 0 Å². The molecule has 7 heteroatoms. The van der Waals surface area contributed by atoms with E-state index in [1.165, 1.54) is 12.1 Å². The second-order valence-corrected chi connectivity index (χ2v) is 5.84. The van der Waals surface area contributed by atoms with Crippen LogP contribution in [-0.4, -0.2) is 22.0 Å². The number of nitrogens with one attached hydrogen (secondary N) is 1. The van der Waals surface area contributed by atoms with E-state index in [1.807, 2.05) is 0 Å². The molecule has 0 saturated carbocycles. The normalized spacial score (nSPS) is 11.0. The molecule has 0 bridgehead atoms. The van der Waals surface area contributed by atoms with E-state index in [2.05, 4.69) is 20.3 Å². The van der Waals surface area contributed by atoms with Crippen LogP contribution >= 0.6 is 0 Å². The van der Waals surface area contributed by atoms with Gasteiger partial charge in [0.25, 0.3) is 0 Å². The van der Waals surface area contributed by atoms with Gasteiger partial charge in [0.05, 0.1) is 10.9 Å². The molecule has 0 aliphatic rings. The Morgan fingerprint density at radius 3 is 2.44 bits per heavy atom. The maximum Gasteiger partial charge on any atom is 0.163 e. The zero-order valence-corrected chi connectivity index (χ0v) is 14.2. The highest BCUT2D eigenvalue weighted by molar-refractivity contribution is 5.94. The second-order valence-electron chi connectivity index (χ2n) is 5.84. The predicted molar refractivity (Wildman–Crippen MR) is 97.6 cm³/mol. The van der Waals surface area contributed by atoms with Gasteiger partial charge in [-0.25, -0.2) is 23.1 Å². The van der Waals surface area contributed by atoms with Crippen LogP contribution in [0.4, 0.5) is 19.0 Å². The number of anilines is 1. The summed E-state index contributed by atoms with van der Waals surface area (Å²) in [6.45, 7) is 0. The van der Waals surface area contributed by atoms with Gasteiger partial charge in [0, 0.05) is 30.6 Å². The zero-order valence-electron chi connectivity index (χ0n) is 14.2. The second kappa shape index (κ2) is 6.68. The third kappa shape index (κ3) is 2.97. The number of hydrogen-bond donors (Lipinski definition) is 1. The van der Waals surface area contributed by atoms with Gasteiger partial charge in [-0.2, -0.15) is 0 Å². The van der Waals surface area contributed by atoms with E-state index in [0.717, 1.165) is 12.1 Å². The van der Waals surface area contributed by atoms with Crippen LogP contribution in [0.25, 0.3) is 33.4 Å². The number of aromatic nitrogens is 3. The Morgan fingerprint density at radius 1 is 0.889 bits per heavy atom. The monoisotopic (exact) mass is 366 g/mol. The third-order valence-electron chi connectivity index (χ3n) is 4.19. The summed E-state index contributed by atoms with van der Waals surface area (Å²) in [6, 6.07) is 9.93. The summed E-state index contributed by atoms with van der Waals surface area (Å²) in [7, 11) is 1.62. The minimum Gasteiger partial charge on any atom is -0.372 e. The quantitative estimate of drug-likeness (QED) is 0.565. The van der Waals surface area contributed by atoms with Crippen LogP contribution in [0.15, 0.2) is 54.9 Å². The molecule has 0 spiro atoms. The Balaban J connectivity index is 1.94. The first-order chi connectivity index (χ1) is 13.1. The Morgan fingerprint density at radius 2 is 1.74 bits per heavy atom. The van der Waals surface area contributed by atoms with E-state index >= 15 is 4.39 Å². The van der Waals surface area contributed by atoms with Crippen molar-refractivity contribution in [1.82, 2.24) is 15.0 Å². The zero-order chi connectivity index (χ0) is 19.0. The van der Waals surface area contributed by atoms with Crippen molar-refractivity contribution in [1.29, 1.82) is 0 Å². The lowest BCUT2D eigenvalue weighted by Gasteiger charge is -2.12. The van der Waals surface area contributed by atoms with Gasteiger partial charge >= 0.3 is 0 Å². The number of pyridine rings is 1. The molecule has 0 unspecified atom stereocenters. The summed E-state index contributed by atoms with van der Waals surface area (Å²) in [6.07, 6.45) is 3.25. The van der Waals surface area contributed by atoms with Gasteiger partial charge in [-0.15, -0.1) is 0 Å². The number of rotatable bonds is 3. The van der Waals surface area contributed by atoms with Gasteiger partial charge in [-0.1, -0.05) is 6.07 Å². The third-order valence-corrected chi connectivity index (χ3v) is 4.19. The molecule has 4 nitrogen and oxygen atoms in total. The number of hydrogen-bond acceptors (Lipinski definition) is 4. The van der Waals surface area contributed by atoms with Crippen molar-refractivity contribution in [2.45, 2.75) is 0 Å². The number of benzene rings is 2. The number of fused-ring (bicyclic) bond motifs is 1. The van der Waals surface area contributed by atoms with Crippen LogP contribution in [0.1, 0.15) is 0 Å². The van der Waals surface area contributed by atoms with E-state index in [-0.39, 0.29) is 16.5 Å². The van der Waals surface area contributed by atoms with E-state index in [0.29, 0.717) is 22.7 Å². The van der Waals surface area contributed by atoms with E-state index < -0.39 is 17.5 Å². The molecule has 4 aromatic rings. The van der Waals surface area contributed by atoms with Gasteiger partial charge in [0.2, 0.25) is 0 Å². The molecule has 4 rings (SSSR count). The largest absolute Gasteiger partial charge is 0.372 e. The predicted octanol–water partition coefficient (Wildman–Crippen LogP) is 4.82. The summed E-state index contributed by atoms with van der Waals surface area (Å²) in [5.74, 6) is -1.94. The lowest BCUT2D eigenvalue weighted by molar-refractivity contribution is 0.509. The highest BCUT2D eigenvalue weighted by Gasteiger charge is 2.17. The van der Waals surface area contributed by atoms with E-state index in [1.54, 1.807) is 37.6 Å². The molecular weight excluding hydrogens is 353 g/mol. The number of nitrogens with zero attached hydrogens (tertiary/aromatic N) is 3. The van der Waals surface area contributed by atoms with Crippen molar-refractivity contribution in [2.75, 3.05) is 12.4 Å². The van der Waals surface area contributed by atoms with Gasteiger partial charge in [0.1, 0.15) is 11.6 Å². The van der Waals surface area contributed by atoms with E-state index in [9.17, 15) is 8.78 Å². The molecule has 27 heavy (non-hydrogen) atoms. The van der Waals surface area contributed by atoms with Gasteiger partial charge in [-0.05, 0) is 42.0 Å². The molecule has 2 heterocycles. The van der Waals surface area contributed by atoms with Crippen molar-refractivity contribution >= 4 is 16.7 Å². The molecule has 2 aromatic carbocycles. The fraction of sp³-hybridized carbons (Fsp3) is 0.0500. The van der Waals surface area contributed by atoms with Crippen LogP contribution in [0.5, 0.6) is 0 Å². The first-order valence-corrected chi connectivity index (χ1v) is 8.12. The van der Waals surface area contributed by atoms with E-state index in [4.69, 9.17) is 0 Å². The molecule has 134 valence electrons. The van der Waals surface area contributed by atoms with Crippen LogP contribution in [0.3, 0.4) is 0 Å². The Labute approximate surface area is 152 Å². The summed E-state index contributed by atoms with van der Waals surface area (Å²) in [5, 5.41) is 3.05. The molecule has 0 radical (unpaired) electrons. The highest BCUT2D eigenvalue weighted by Crippen LogP contribution is 2.33. The van der Waals surface area contributed by atoms with Crippen molar-refractivity contribution in [3.63, 3.8) is 0 Å². The molecule has 0 aliphatic heterocycles. The topological polar surface area (TPSA) is 50.7 Å². The Hall–Kier alpha value is -3.48. The minimum absolute atomic E-state index is 0.135. The summed E-state index contributed by atoms with van der Waals surface area (Å²) in [4.78, 5) is 12.8. The first kappa shape index (κ1) is 17.0. The standard InChI is InChI=1S/C20H13F3N4/c1-24-20-17-16(26-19(27-20)12-3-2-8-25-10-12)7-5-13(18(17)23)11-4-6-14(21)15(22)9-11/h2-10H,1H3,(H,24,26,27). The van der Waals surface area contributed by atoms with Crippen molar-refractivity contribution in [3.05, 3.63) is 72.3 Å². The minimum atomic E-state index is -1.04. The van der Waals surface area contributed by atoms with Crippen molar-refractivity contribution < 1.29 is 13.2 Å². The number of halogens is 3. The van der Waals surface area contributed by atoms with Gasteiger partial charge in [-0.3, -0.25) is 4.98 Å². The molecule has 1 N–H and O–H groups in total. The SMILES string of the molecule is CNc1nc(-c2cccnc2)nc2ccc(-c3ccc(F)c(F)c3)c(F)c12. The molecule has 0 atom stereocenters.